The van der Waals surface area contributed by atoms with Crippen molar-refractivity contribution < 1.29 is 0 Å². The van der Waals surface area contributed by atoms with Crippen molar-refractivity contribution >= 4 is 21.8 Å². The third-order valence-corrected chi connectivity index (χ3v) is 3.15. The van der Waals surface area contributed by atoms with E-state index in [0.29, 0.717) is 0 Å². The highest BCUT2D eigenvalue weighted by Crippen LogP contribution is 2.08. The summed E-state index contributed by atoms with van der Waals surface area (Å²) < 4.78 is 0. The first-order valence-corrected chi connectivity index (χ1v) is 6.71. The normalized spacial score (nSPS) is 10.1. The number of benzene rings is 2. The molecule has 0 aliphatic carbocycles. The van der Waals surface area contributed by atoms with E-state index in [1.165, 1.54) is 11.5 Å². The van der Waals surface area contributed by atoms with Crippen LogP contribution in [0.1, 0.15) is 0 Å². The van der Waals surface area contributed by atoms with E-state index < -0.39 is 0 Å². The molecule has 0 atom stereocenters. The summed E-state index contributed by atoms with van der Waals surface area (Å²) in [6.07, 6.45) is 1.81. The number of fused-ring (bicyclic) bond motifs is 2. The summed E-state index contributed by atoms with van der Waals surface area (Å²) in [7, 11) is 0. The van der Waals surface area contributed by atoms with Gasteiger partial charge in [-0.25, -0.2) is 0 Å². The molecule has 0 aliphatic heterocycles. The van der Waals surface area contributed by atoms with Crippen molar-refractivity contribution in [3.05, 3.63) is 89.3 Å². The predicted octanol–water partition coefficient (Wildman–Crippen LogP) is 3.76. The lowest BCUT2D eigenvalue weighted by Crippen LogP contribution is -2.01. The molecular weight excluding hydrogens is 260 g/mol. The maximum Gasteiger partial charge on any atom is 0.248 e. The first-order chi connectivity index (χ1) is 10.3. The van der Waals surface area contributed by atoms with E-state index in [-0.39, 0.29) is 5.56 Å². The first kappa shape index (κ1) is 13.1. The van der Waals surface area contributed by atoms with E-state index in [1.54, 1.807) is 0 Å². The smallest absolute Gasteiger partial charge is 0.248 e. The monoisotopic (exact) mass is 274 g/mol. The first-order valence-electron chi connectivity index (χ1n) is 6.71. The van der Waals surface area contributed by atoms with Crippen LogP contribution in [0.2, 0.25) is 0 Å². The summed E-state index contributed by atoms with van der Waals surface area (Å²) in [6, 6.07) is 23.1. The molecule has 102 valence electrons. The van der Waals surface area contributed by atoms with Crippen LogP contribution >= 0.6 is 0 Å². The number of para-hydroxylation sites is 2. The van der Waals surface area contributed by atoms with Gasteiger partial charge in [0.2, 0.25) is 5.56 Å². The van der Waals surface area contributed by atoms with Gasteiger partial charge in [0, 0.05) is 23.2 Å². The average molecular weight is 274 g/mol. The third kappa shape index (κ3) is 3.15. The fourth-order valence-electron chi connectivity index (χ4n) is 2.11. The number of nitrogens with one attached hydrogen (secondary N) is 1. The van der Waals surface area contributed by atoms with E-state index >= 15 is 0 Å². The quantitative estimate of drug-likeness (QED) is 0.530. The van der Waals surface area contributed by atoms with E-state index in [9.17, 15) is 4.79 Å². The van der Waals surface area contributed by atoms with Crippen LogP contribution < -0.4 is 5.56 Å². The van der Waals surface area contributed by atoms with Gasteiger partial charge < -0.3 is 4.98 Å². The van der Waals surface area contributed by atoms with Crippen LogP contribution in [0.25, 0.3) is 21.8 Å². The zero-order valence-corrected chi connectivity index (χ0v) is 11.4. The van der Waals surface area contributed by atoms with Crippen molar-refractivity contribution in [2.24, 2.45) is 0 Å². The molecule has 0 spiro atoms. The van der Waals surface area contributed by atoms with E-state index in [0.717, 1.165) is 16.4 Å². The van der Waals surface area contributed by atoms with Gasteiger partial charge in [-0.1, -0.05) is 42.5 Å². The van der Waals surface area contributed by atoms with Gasteiger partial charge in [0.15, 0.2) is 0 Å². The van der Waals surface area contributed by atoms with Crippen LogP contribution in [0.15, 0.2) is 83.8 Å². The van der Waals surface area contributed by atoms with Gasteiger partial charge in [-0.05, 0) is 29.7 Å². The Hall–Kier alpha value is -2.94. The van der Waals surface area contributed by atoms with Crippen LogP contribution in [0.3, 0.4) is 0 Å². The molecule has 0 saturated heterocycles. The van der Waals surface area contributed by atoms with Gasteiger partial charge in [0.25, 0.3) is 0 Å². The van der Waals surface area contributed by atoms with Gasteiger partial charge in [0.05, 0.1) is 5.52 Å². The summed E-state index contributed by atoms with van der Waals surface area (Å²) in [4.78, 5) is 17.7. The lowest BCUT2D eigenvalue weighted by molar-refractivity contribution is 1.31. The fourth-order valence-corrected chi connectivity index (χ4v) is 2.11. The number of pyridine rings is 2. The number of H-pyrrole nitrogens is 1. The van der Waals surface area contributed by atoms with Crippen molar-refractivity contribution in [1.82, 2.24) is 9.97 Å². The molecule has 0 fully saturated rings. The molecule has 0 amide bonds. The molecule has 21 heavy (non-hydrogen) atoms. The fraction of sp³-hybridized carbons (Fsp3) is 0. The van der Waals surface area contributed by atoms with Crippen molar-refractivity contribution in [2.45, 2.75) is 0 Å². The molecule has 0 radical (unpaired) electrons. The van der Waals surface area contributed by atoms with Gasteiger partial charge in [-0.2, -0.15) is 0 Å². The zero-order valence-electron chi connectivity index (χ0n) is 11.4. The van der Waals surface area contributed by atoms with Gasteiger partial charge in [-0.15, -0.1) is 0 Å². The van der Waals surface area contributed by atoms with Crippen molar-refractivity contribution in [1.29, 1.82) is 0 Å². The molecule has 4 rings (SSSR count). The summed E-state index contributed by atoms with van der Waals surface area (Å²) in [5, 5.41) is 2.26. The van der Waals surface area contributed by atoms with Crippen LogP contribution in [0, 0.1) is 0 Å². The van der Waals surface area contributed by atoms with Gasteiger partial charge >= 0.3 is 0 Å². The Morgan fingerprint density at radius 3 is 2.29 bits per heavy atom. The second-order valence-corrected chi connectivity index (χ2v) is 4.61. The largest absolute Gasteiger partial charge is 0.322 e. The van der Waals surface area contributed by atoms with Crippen molar-refractivity contribution in [2.75, 3.05) is 0 Å². The summed E-state index contributed by atoms with van der Waals surface area (Å²) in [5.41, 5.74) is 1.90. The Labute approximate surface area is 121 Å². The zero-order chi connectivity index (χ0) is 14.5. The SMILES string of the molecule is O=c1ccc2ccccc2[nH]1.c1ccc2ncccc2c1. The molecule has 2 aromatic carbocycles. The lowest BCUT2D eigenvalue weighted by Gasteiger charge is -1.93. The van der Waals surface area contributed by atoms with E-state index in [4.69, 9.17) is 0 Å². The number of hydrogen-bond acceptors (Lipinski definition) is 2. The maximum atomic E-state index is 10.8. The molecule has 1 N–H and O–H groups in total. The van der Waals surface area contributed by atoms with Gasteiger partial charge in [-0.3, -0.25) is 9.78 Å². The minimum atomic E-state index is -0.0521. The highest BCUT2D eigenvalue weighted by Gasteiger charge is 1.89. The van der Waals surface area contributed by atoms with E-state index in [2.05, 4.69) is 22.1 Å². The molecule has 0 saturated carbocycles. The van der Waals surface area contributed by atoms with Crippen LogP contribution in [-0.4, -0.2) is 9.97 Å². The topological polar surface area (TPSA) is 45.8 Å². The molecule has 3 heteroatoms. The second kappa shape index (κ2) is 6.01. The number of aromatic amines is 1. The van der Waals surface area contributed by atoms with Crippen molar-refractivity contribution in [3.63, 3.8) is 0 Å². The number of hydrogen-bond donors (Lipinski definition) is 1. The number of rotatable bonds is 0. The molecule has 2 aromatic heterocycles. The van der Waals surface area contributed by atoms with Crippen molar-refractivity contribution in [3.8, 4) is 0 Å². The minimum Gasteiger partial charge on any atom is -0.322 e. The summed E-state index contributed by atoms with van der Waals surface area (Å²) >= 11 is 0. The van der Waals surface area contributed by atoms with Gasteiger partial charge in [0.1, 0.15) is 0 Å². The minimum absolute atomic E-state index is 0.0521. The highest BCUT2D eigenvalue weighted by atomic mass is 16.1. The van der Waals surface area contributed by atoms with Crippen LogP contribution in [0.4, 0.5) is 0 Å². The molecule has 2 heterocycles. The maximum absolute atomic E-state index is 10.8. The second-order valence-electron chi connectivity index (χ2n) is 4.61. The Bertz CT molecular complexity index is 863. The van der Waals surface area contributed by atoms with Crippen LogP contribution in [0.5, 0.6) is 0 Å². The number of aromatic nitrogens is 2. The standard InChI is InChI=1S/C9H7NO.C9H7N/c11-9-6-5-7-3-1-2-4-8(7)10-9;1-2-6-9-8(4-1)5-3-7-10-9/h1-6H,(H,10,11);1-7H. The third-order valence-electron chi connectivity index (χ3n) is 3.15. The molecule has 0 unspecified atom stereocenters. The summed E-state index contributed by atoms with van der Waals surface area (Å²) in [6.45, 7) is 0. The van der Waals surface area contributed by atoms with E-state index in [1.807, 2.05) is 60.8 Å². The summed E-state index contributed by atoms with van der Waals surface area (Å²) in [5.74, 6) is 0. The molecule has 0 aliphatic rings. The Morgan fingerprint density at radius 2 is 1.43 bits per heavy atom. The molecule has 0 bridgehead atoms. The molecule has 3 nitrogen and oxygen atoms in total. The predicted molar refractivity (Wildman–Crippen MR) is 86.3 cm³/mol. The van der Waals surface area contributed by atoms with Crippen LogP contribution in [-0.2, 0) is 0 Å². The lowest BCUT2D eigenvalue weighted by atomic mass is 10.2. The highest BCUT2D eigenvalue weighted by molar-refractivity contribution is 5.78. The Morgan fingerprint density at radius 1 is 0.714 bits per heavy atom. The Kier molecular flexibility index (Phi) is 3.74. The Balaban J connectivity index is 0.000000126. The molecular formula is C18H14N2O. The average Bonchev–Trinajstić information content (AvgIpc) is 2.55. The molecule has 4 aromatic rings. The number of nitrogens with zero attached hydrogens (tertiary/aromatic N) is 1.